The molecule has 10 nitrogen and oxygen atoms in total. The van der Waals surface area contributed by atoms with Crippen molar-refractivity contribution in [3.05, 3.63) is 64.8 Å². The molecule has 0 fully saturated rings. The van der Waals surface area contributed by atoms with E-state index in [1.54, 1.807) is 19.1 Å². The van der Waals surface area contributed by atoms with Gasteiger partial charge in [0.25, 0.3) is 5.91 Å². The number of sulfonamides is 1. The fourth-order valence-corrected chi connectivity index (χ4v) is 3.61. The normalized spacial score (nSPS) is 11.0. The standard InChI is InChI=1S/C18H18N6O4S/c1-11-10-21-16(18(22-11)28-2)24-29(26,27)14-4-3-9-20-15(14)12-5-7-13(8-6-12)17(25)23-19/h3-10H,1-2H3,(H4,19,20,21,22,23,24,25)/p-1. The summed E-state index contributed by atoms with van der Waals surface area (Å²) in [6.45, 7) is 1.70. The van der Waals surface area contributed by atoms with Crippen LogP contribution >= 0.6 is 0 Å². The molecule has 0 atom stereocenters. The molecule has 2 aromatic heterocycles. The molecule has 11 heteroatoms. The molecule has 3 rings (SSSR count). The van der Waals surface area contributed by atoms with Gasteiger partial charge in [0.15, 0.2) is 0 Å². The van der Waals surface area contributed by atoms with Crippen LogP contribution in [0.15, 0.2) is 53.7 Å². The van der Waals surface area contributed by atoms with Crippen LogP contribution in [0.2, 0.25) is 0 Å². The summed E-state index contributed by atoms with van der Waals surface area (Å²) < 4.78 is 34.8. The second-order valence-electron chi connectivity index (χ2n) is 5.81. The summed E-state index contributed by atoms with van der Waals surface area (Å²) in [5.41, 5.74) is 3.56. The molecule has 0 aliphatic rings. The molecule has 3 aromatic rings. The van der Waals surface area contributed by atoms with Crippen LogP contribution in [0, 0.1) is 6.92 Å². The lowest BCUT2D eigenvalue weighted by molar-refractivity contribution is 0.0953. The number of nitrogens with one attached hydrogen (secondary N) is 1. The molecule has 0 radical (unpaired) electrons. The molecule has 1 aromatic carbocycles. The van der Waals surface area contributed by atoms with Gasteiger partial charge in [0.2, 0.25) is 15.9 Å². The molecular formula is C18H17N6O4S-. The van der Waals surface area contributed by atoms with E-state index in [1.165, 1.54) is 43.8 Å². The smallest absolute Gasteiger partial charge is 0.265 e. The first-order valence-corrected chi connectivity index (χ1v) is 9.72. The van der Waals surface area contributed by atoms with Crippen LogP contribution in [0.3, 0.4) is 0 Å². The summed E-state index contributed by atoms with van der Waals surface area (Å²) in [5, 5.41) is 0. The van der Waals surface area contributed by atoms with Crippen LogP contribution in [-0.4, -0.2) is 36.4 Å². The summed E-state index contributed by atoms with van der Waals surface area (Å²) in [5.74, 6) is 4.48. The number of ether oxygens (including phenoxy) is 1. The maximum absolute atomic E-state index is 13.0. The van der Waals surface area contributed by atoms with E-state index in [-0.39, 0.29) is 22.3 Å². The Balaban J connectivity index is 2.01. The van der Waals surface area contributed by atoms with E-state index >= 15 is 0 Å². The number of nitrogen functional groups attached to an aromatic ring is 1. The molecular weight excluding hydrogens is 396 g/mol. The van der Waals surface area contributed by atoms with Gasteiger partial charge in [-0.3, -0.25) is 15.2 Å². The average molecular weight is 413 g/mol. The van der Waals surface area contributed by atoms with Crippen molar-refractivity contribution in [2.45, 2.75) is 11.8 Å². The molecule has 3 N–H and O–H groups in total. The highest BCUT2D eigenvalue weighted by Crippen LogP contribution is 2.35. The second kappa shape index (κ2) is 8.20. The molecule has 1 amide bonds. The molecule has 150 valence electrons. The van der Waals surface area contributed by atoms with Gasteiger partial charge in [-0.25, -0.2) is 19.2 Å². The molecule has 2 heterocycles. The average Bonchev–Trinajstić information content (AvgIpc) is 2.74. The predicted octanol–water partition coefficient (Wildman–Crippen LogP) is 1.85. The largest absolute Gasteiger partial charge is 0.481 e. The Kier molecular flexibility index (Phi) is 5.71. The number of amides is 1. The SMILES string of the molecule is COc1nc(C)cnc1[N-]S(=O)(=O)c1cccnc1-c1ccc(C(=O)NN)cc1. The molecule has 0 aliphatic heterocycles. The third-order valence-electron chi connectivity index (χ3n) is 3.84. The monoisotopic (exact) mass is 413 g/mol. The van der Waals surface area contributed by atoms with E-state index in [4.69, 9.17) is 10.6 Å². The van der Waals surface area contributed by atoms with Crippen molar-refractivity contribution in [1.82, 2.24) is 20.4 Å². The zero-order valence-corrected chi connectivity index (χ0v) is 16.3. The molecule has 29 heavy (non-hydrogen) atoms. The Bertz CT molecular complexity index is 1150. The van der Waals surface area contributed by atoms with Gasteiger partial charge in [-0.05, 0) is 31.2 Å². The van der Waals surface area contributed by atoms with E-state index in [0.717, 1.165) is 0 Å². The zero-order chi connectivity index (χ0) is 21.0. The van der Waals surface area contributed by atoms with Crippen molar-refractivity contribution in [3.8, 4) is 17.1 Å². The Hall–Kier alpha value is -3.57. The van der Waals surface area contributed by atoms with Crippen molar-refractivity contribution >= 4 is 21.7 Å². The number of nitrogens with zero attached hydrogens (tertiary/aromatic N) is 4. The summed E-state index contributed by atoms with van der Waals surface area (Å²) in [6, 6.07) is 9.02. The molecule has 0 aliphatic carbocycles. The number of hydrogen-bond donors (Lipinski definition) is 2. The van der Waals surface area contributed by atoms with Gasteiger partial charge in [0.05, 0.1) is 17.7 Å². The first-order valence-electron chi connectivity index (χ1n) is 8.28. The Morgan fingerprint density at radius 1 is 1.17 bits per heavy atom. The quantitative estimate of drug-likeness (QED) is 0.353. The fraction of sp³-hybridized carbons (Fsp3) is 0.111. The van der Waals surface area contributed by atoms with Gasteiger partial charge in [-0.15, -0.1) is 0 Å². The van der Waals surface area contributed by atoms with Crippen molar-refractivity contribution in [1.29, 1.82) is 0 Å². The molecule has 0 saturated heterocycles. The predicted molar refractivity (Wildman–Crippen MR) is 105 cm³/mol. The number of nitrogens with two attached hydrogens (primary N) is 1. The number of pyridine rings is 1. The van der Waals surface area contributed by atoms with Gasteiger partial charge in [-0.1, -0.05) is 18.3 Å². The lowest BCUT2D eigenvalue weighted by atomic mass is 10.1. The Morgan fingerprint density at radius 3 is 2.55 bits per heavy atom. The molecule has 0 unspecified atom stereocenters. The topological polar surface area (TPSA) is 151 Å². The first-order chi connectivity index (χ1) is 13.9. The number of hydrazine groups is 1. The van der Waals surface area contributed by atoms with E-state index in [9.17, 15) is 13.2 Å². The summed E-state index contributed by atoms with van der Waals surface area (Å²) in [7, 11) is -2.84. The summed E-state index contributed by atoms with van der Waals surface area (Å²) in [6.07, 6.45) is 2.85. The number of benzene rings is 1. The second-order valence-corrected chi connectivity index (χ2v) is 7.38. The molecule has 0 spiro atoms. The number of aromatic nitrogens is 3. The van der Waals surface area contributed by atoms with Crippen LogP contribution in [0.5, 0.6) is 5.88 Å². The van der Waals surface area contributed by atoms with E-state index < -0.39 is 15.9 Å². The third kappa shape index (κ3) is 4.31. The minimum absolute atomic E-state index is 0.00355. The molecule has 0 bridgehead atoms. The summed E-state index contributed by atoms with van der Waals surface area (Å²) >= 11 is 0. The maximum Gasteiger partial charge on any atom is 0.265 e. The van der Waals surface area contributed by atoms with Crippen LogP contribution in [0.4, 0.5) is 5.82 Å². The van der Waals surface area contributed by atoms with Crippen LogP contribution in [-0.2, 0) is 10.0 Å². The lowest BCUT2D eigenvalue weighted by Crippen LogP contribution is -2.29. The van der Waals surface area contributed by atoms with Crippen LogP contribution in [0.1, 0.15) is 16.1 Å². The summed E-state index contributed by atoms with van der Waals surface area (Å²) in [4.78, 5) is 23.7. The fourth-order valence-electron chi connectivity index (χ4n) is 2.49. The minimum Gasteiger partial charge on any atom is -0.481 e. The van der Waals surface area contributed by atoms with E-state index in [1.807, 2.05) is 5.43 Å². The first kappa shape index (κ1) is 20.2. The lowest BCUT2D eigenvalue weighted by Gasteiger charge is -2.19. The number of aryl methyl sites for hydroxylation is 1. The molecule has 0 saturated carbocycles. The highest BCUT2D eigenvalue weighted by molar-refractivity contribution is 7.94. The number of hydrogen-bond acceptors (Lipinski definition) is 8. The van der Waals surface area contributed by atoms with Crippen molar-refractivity contribution in [2.75, 3.05) is 7.11 Å². The van der Waals surface area contributed by atoms with Gasteiger partial charge >= 0.3 is 0 Å². The van der Waals surface area contributed by atoms with Gasteiger partial charge in [0.1, 0.15) is 0 Å². The highest BCUT2D eigenvalue weighted by atomic mass is 32.2. The zero-order valence-electron chi connectivity index (χ0n) is 15.5. The van der Waals surface area contributed by atoms with Crippen LogP contribution < -0.4 is 16.0 Å². The third-order valence-corrected chi connectivity index (χ3v) is 5.14. The maximum atomic E-state index is 13.0. The number of rotatable bonds is 6. The van der Waals surface area contributed by atoms with Crippen LogP contribution in [0.25, 0.3) is 16.0 Å². The Labute approximate surface area is 167 Å². The number of methoxy groups -OCH3 is 1. The van der Waals surface area contributed by atoms with Gasteiger partial charge in [-0.2, -0.15) is 0 Å². The van der Waals surface area contributed by atoms with Gasteiger partial charge < -0.3 is 14.4 Å². The minimum atomic E-state index is -4.19. The van der Waals surface area contributed by atoms with Gasteiger partial charge in [0, 0.05) is 28.8 Å². The number of carbonyl (C=O) groups excluding carboxylic acids is 1. The van der Waals surface area contributed by atoms with Crippen molar-refractivity contribution < 1.29 is 17.9 Å². The Morgan fingerprint density at radius 2 is 1.90 bits per heavy atom. The van der Waals surface area contributed by atoms with E-state index in [2.05, 4.69) is 19.7 Å². The van der Waals surface area contributed by atoms with E-state index in [0.29, 0.717) is 16.8 Å². The number of carbonyl (C=O) groups is 1. The highest BCUT2D eigenvalue weighted by Gasteiger charge is 2.19. The van der Waals surface area contributed by atoms with Crippen molar-refractivity contribution in [3.63, 3.8) is 0 Å². The van der Waals surface area contributed by atoms with Crippen molar-refractivity contribution in [2.24, 2.45) is 5.84 Å².